The van der Waals surface area contributed by atoms with E-state index in [4.69, 9.17) is 17.2 Å². The molecule has 2 atom stereocenters. The first-order chi connectivity index (χ1) is 7.02. The normalized spacial score (nSPS) is 24.7. The van der Waals surface area contributed by atoms with Gasteiger partial charge in [-0.3, -0.25) is 14.5 Å². The average Bonchev–Trinajstić information content (AvgIpc) is 2.18. The van der Waals surface area contributed by atoms with Crippen molar-refractivity contribution in [3.05, 3.63) is 0 Å². The first-order valence-electron chi connectivity index (χ1n) is 5.10. The van der Waals surface area contributed by atoms with E-state index in [0.717, 1.165) is 25.8 Å². The van der Waals surface area contributed by atoms with Crippen LogP contribution < -0.4 is 17.2 Å². The topological polar surface area (TPSA) is 115 Å². The summed E-state index contributed by atoms with van der Waals surface area (Å²) in [6.45, 7) is 1.05. The Kier molecular flexibility index (Phi) is 4.05. The summed E-state index contributed by atoms with van der Waals surface area (Å²) in [4.78, 5) is 23.8. The van der Waals surface area contributed by atoms with Crippen molar-refractivity contribution in [3.8, 4) is 0 Å². The Morgan fingerprint density at radius 2 is 2.00 bits per heavy atom. The number of primary amides is 2. The molecule has 6 nitrogen and oxygen atoms in total. The van der Waals surface area contributed by atoms with E-state index in [1.54, 1.807) is 0 Å². The van der Waals surface area contributed by atoms with Gasteiger partial charge < -0.3 is 17.2 Å². The number of carbonyl (C=O) groups is 2. The number of piperidine rings is 1. The van der Waals surface area contributed by atoms with E-state index in [1.165, 1.54) is 0 Å². The van der Waals surface area contributed by atoms with Crippen LogP contribution in [-0.4, -0.2) is 41.9 Å². The summed E-state index contributed by atoms with van der Waals surface area (Å²) in [5, 5.41) is 0. The predicted octanol–water partition coefficient (Wildman–Crippen LogP) is -1.86. The van der Waals surface area contributed by atoms with Crippen molar-refractivity contribution >= 4 is 11.8 Å². The Balaban J connectivity index is 2.56. The first-order valence-corrected chi connectivity index (χ1v) is 5.10. The lowest BCUT2D eigenvalue weighted by atomic mass is 10.0. The fourth-order valence-electron chi connectivity index (χ4n) is 1.87. The second kappa shape index (κ2) is 5.09. The maximum Gasteiger partial charge on any atom is 0.235 e. The van der Waals surface area contributed by atoms with Gasteiger partial charge in [0.1, 0.15) is 0 Å². The number of amides is 2. The van der Waals surface area contributed by atoms with E-state index < -0.39 is 11.9 Å². The van der Waals surface area contributed by atoms with Gasteiger partial charge in [-0.2, -0.15) is 0 Å². The fourth-order valence-corrected chi connectivity index (χ4v) is 1.87. The van der Waals surface area contributed by atoms with Gasteiger partial charge in [-0.15, -0.1) is 0 Å². The zero-order valence-corrected chi connectivity index (χ0v) is 8.69. The fraction of sp³-hybridized carbons (Fsp3) is 0.778. The molecule has 2 unspecified atom stereocenters. The summed E-state index contributed by atoms with van der Waals surface area (Å²) in [5.74, 6) is -0.907. The van der Waals surface area contributed by atoms with Crippen molar-refractivity contribution in [2.24, 2.45) is 17.2 Å². The molecule has 0 aromatic carbocycles. The number of nitrogens with zero attached hydrogens (tertiary/aromatic N) is 1. The molecule has 1 aliphatic heterocycles. The van der Waals surface area contributed by atoms with Gasteiger partial charge in [0.15, 0.2) is 0 Å². The molecular formula is C9H18N4O2. The smallest absolute Gasteiger partial charge is 0.235 e. The maximum absolute atomic E-state index is 11.1. The molecule has 0 radical (unpaired) electrons. The third-order valence-electron chi connectivity index (χ3n) is 2.74. The van der Waals surface area contributed by atoms with Crippen molar-refractivity contribution in [1.29, 1.82) is 0 Å². The number of likely N-dealkylation sites (tertiary alicyclic amines) is 1. The highest BCUT2D eigenvalue weighted by Gasteiger charge is 2.28. The molecule has 0 spiro atoms. The number of hydrogen-bond acceptors (Lipinski definition) is 4. The molecule has 0 bridgehead atoms. The van der Waals surface area contributed by atoms with Crippen molar-refractivity contribution in [2.45, 2.75) is 31.3 Å². The molecule has 0 aliphatic carbocycles. The van der Waals surface area contributed by atoms with E-state index in [2.05, 4.69) is 0 Å². The molecular weight excluding hydrogens is 196 g/mol. The lowest BCUT2D eigenvalue weighted by molar-refractivity contribution is -0.126. The van der Waals surface area contributed by atoms with Gasteiger partial charge in [-0.05, 0) is 19.4 Å². The number of carbonyl (C=O) groups excluding carboxylic acids is 2. The molecule has 0 aromatic heterocycles. The Morgan fingerprint density at radius 3 is 2.53 bits per heavy atom. The standard InChI is InChI=1S/C9H18N4O2/c10-6(8(11)14)5-13-4-2-1-3-7(13)9(12)15/h6-7H,1-5,10H2,(H2,11,14)(H2,12,15). The number of nitrogens with two attached hydrogens (primary N) is 3. The summed E-state index contributed by atoms with van der Waals surface area (Å²) in [7, 11) is 0. The van der Waals surface area contributed by atoms with Gasteiger partial charge in [-0.25, -0.2) is 0 Å². The molecule has 6 heteroatoms. The van der Waals surface area contributed by atoms with Crippen molar-refractivity contribution in [1.82, 2.24) is 4.90 Å². The number of rotatable bonds is 4. The Morgan fingerprint density at radius 1 is 1.33 bits per heavy atom. The van der Waals surface area contributed by atoms with Crippen molar-refractivity contribution < 1.29 is 9.59 Å². The van der Waals surface area contributed by atoms with E-state index in [-0.39, 0.29) is 11.9 Å². The monoisotopic (exact) mass is 214 g/mol. The molecule has 0 saturated carbocycles. The summed E-state index contributed by atoms with van der Waals surface area (Å²) < 4.78 is 0. The van der Waals surface area contributed by atoms with Crippen LogP contribution in [0, 0.1) is 0 Å². The number of hydrogen-bond donors (Lipinski definition) is 3. The summed E-state index contributed by atoms with van der Waals surface area (Å²) >= 11 is 0. The lowest BCUT2D eigenvalue weighted by Crippen LogP contribution is -2.54. The van der Waals surface area contributed by atoms with Crippen molar-refractivity contribution in [2.75, 3.05) is 13.1 Å². The zero-order chi connectivity index (χ0) is 11.4. The van der Waals surface area contributed by atoms with E-state index in [0.29, 0.717) is 6.54 Å². The van der Waals surface area contributed by atoms with Crippen LogP contribution in [-0.2, 0) is 9.59 Å². The molecule has 86 valence electrons. The van der Waals surface area contributed by atoms with Gasteiger partial charge in [0.2, 0.25) is 11.8 Å². The first kappa shape index (κ1) is 11.9. The highest BCUT2D eigenvalue weighted by Crippen LogP contribution is 2.16. The third kappa shape index (κ3) is 3.17. The summed E-state index contributed by atoms with van der Waals surface area (Å²) in [6, 6.07) is -1.03. The minimum Gasteiger partial charge on any atom is -0.368 e. The van der Waals surface area contributed by atoms with Crippen LogP contribution in [0.5, 0.6) is 0 Å². The molecule has 1 rings (SSSR count). The maximum atomic E-state index is 11.1. The molecule has 1 aliphatic rings. The van der Waals surface area contributed by atoms with Crippen LogP contribution in [0.4, 0.5) is 0 Å². The molecule has 2 amide bonds. The highest BCUT2D eigenvalue weighted by atomic mass is 16.2. The van der Waals surface area contributed by atoms with Crippen LogP contribution >= 0.6 is 0 Å². The predicted molar refractivity (Wildman–Crippen MR) is 55.6 cm³/mol. The second-order valence-electron chi connectivity index (χ2n) is 3.92. The molecule has 0 aromatic rings. The Bertz CT molecular complexity index is 256. The van der Waals surface area contributed by atoms with E-state index >= 15 is 0 Å². The molecule has 1 heterocycles. The van der Waals surface area contributed by atoms with Gasteiger partial charge in [0.25, 0.3) is 0 Å². The van der Waals surface area contributed by atoms with Crippen LogP contribution in [0.3, 0.4) is 0 Å². The largest absolute Gasteiger partial charge is 0.368 e. The molecule has 6 N–H and O–H groups in total. The van der Waals surface area contributed by atoms with Gasteiger partial charge in [0.05, 0.1) is 12.1 Å². The Hall–Kier alpha value is -1.14. The molecule has 1 saturated heterocycles. The van der Waals surface area contributed by atoms with Crippen molar-refractivity contribution in [3.63, 3.8) is 0 Å². The minimum atomic E-state index is -0.732. The third-order valence-corrected chi connectivity index (χ3v) is 2.74. The SMILES string of the molecule is NC(=O)C(N)CN1CCCCC1C(N)=O. The van der Waals surface area contributed by atoms with Gasteiger partial charge in [-0.1, -0.05) is 6.42 Å². The highest BCUT2D eigenvalue weighted by molar-refractivity contribution is 5.81. The van der Waals surface area contributed by atoms with E-state index in [1.807, 2.05) is 4.90 Å². The van der Waals surface area contributed by atoms with Gasteiger partial charge in [0, 0.05) is 6.54 Å². The minimum absolute atomic E-state index is 0.302. The van der Waals surface area contributed by atoms with Crippen LogP contribution in [0.2, 0.25) is 0 Å². The summed E-state index contributed by atoms with van der Waals surface area (Å²) in [6.07, 6.45) is 2.71. The summed E-state index contributed by atoms with van der Waals surface area (Å²) in [5.41, 5.74) is 15.9. The van der Waals surface area contributed by atoms with Crippen LogP contribution in [0.25, 0.3) is 0 Å². The van der Waals surface area contributed by atoms with Crippen LogP contribution in [0.1, 0.15) is 19.3 Å². The van der Waals surface area contributed by atoms with Gasteiger partial charge >= 0.3 is 0 Å². The Labute approximate surface area is 88.8 Å². The average molecular weight is 214 g/mol. The zero-order valence-electron chi connectivity index (χ0n) is 8.69. The van der Waals surface area contributed by atoms with E-state index in [9.17, 15) is 9.59 Å². The lowest BCUT2D eigenvalue weighted by Gasteiger charge is -2.34. The quantitative estimate of drug-likeness (QED) is 0.509. The molecule has 1 fully saturated rings. The second-order valence-corrected chi connectivity index (χ2v) is 3.92. The molecule has 15 heavy (non-hydrogen) atoms. The van der Waals surface area contributed by atoms with Crippen LogP contribution in [0.15, 0.2) is 0 Å².